The normalized spacial score (nSPS) is 18.6. The van der Waals surface area contributed by atoms with Crippen LogP contribution in [-0.4, -0.2) is 64.9 Å². The monoisotopic (exact) mass is 367 g/mol. The van der Waals surface area contributed by atoms with E-state index in [1.807, 2.05) is 13.0 Å². The molecule has 0 radical (unpaired) electrons. The van der Waals surface area contributed by atoms with Gasteiger partial charge in [-0.25, -0.2) is 8.42 Å². The summed E-state index contributed by atoms with van der Waals surface area (Å²) < 4.78 is 29.8. The van der Waals surface area contributed by atoms with Crippen molar-refractivity contribution in [3.8, 4) is 0 Å². The quantitative estimate of drug-likeness (QED) is 0.431. The molecule has 2 rings (SSSR count). The van der Waals surface area contributed by atoms with E-state index in [0.29, 0.717) is 23.8 Å². The van der Waals surface area contributed by atoms with Crippen LogP contribution in [0.3, 0.4) is 0 Å². The van der Waals surface area contributed by atoms with E-state index in [1.165, 1.54) is 0 Å². The second kappa shape index (κ2) is 9.77. The second-order valence-corrected chi connectivity index (χ2v) is 8.39. The third kappa shape index (κ3) is 6.01. The van der Waals surface area contributed by atoms with Crippen LogP contribution in [0.1, 0.15) is 19.8 Å². The van der Waals surface area contributed by atoms with E-state index in [-0.39, 0.29) is 5.75 Å². The van der Waals surface area contributed by atoms with Gasteiger partial charge in [-0.3, -0.25) is 4.99 Å². The molecule has 0 saturated carbocycles. The van der Waals surface area contributed by atoms with E-state index in [0.717, 1.165) is 38.6 Å². The Labute approximate surface area is 151 Å². The van der Waals surface area contributed by atoms with Crippen LogP contribution in [0.25, 0.3) is 0 Å². The summed E-state index contributed by atoms with van der Waals surface area (Å²) in [5.74, 6) is 1.53. The molecule has 25 heavy (non-hydrogen) atoms. The van der Waals surface area contributed by atoms with Gasteiger partial charge in [0.25, 0.3) is 0 Å². The highest BCUT2D eigenvalue weighted by molar-refractivity contribution is 7.91. The lowest BCUT2D eigenvalue weighted by Crippen LogP contribution is -2.40. The molecule has 1 aromatic rings. The average molecular weight is 368 g/mol. The lowest BCUT2D eigenvalue weighted by atomic mass is 10.1. The first kappa shape index (κ1) is 19.7. The van der Waals surface area contributed by atoms with Gasteiger partial charge in [0.2, 0.25) is 0 Å². The van der Waals surface area contributed by atoms with Gasteiger partial charge in [-0.1, -0.05) is 18.2 Å². The number of hydrogen-bond donors (Lipinski definition) is 1. The molecule has 1 atom stereocenters. The number of benzene rings is 1. The van der Waals surface area contributed by atoms with E-state index >= 15 is 0 Å². The smallest absolute Gasteiger partial charge is 0.193 e. The third-order valence-electron chi connectivity index (χ3n) is 4.26. The minimum absolute atomic E-state index is 0.117. The highest BCUT2D eigenvalue weighted by Crippen LogP contribution is 2.16. The Morgan fingerprint density at radius 1 is 1.36 bits per heavy atom. The summed E-state index contributed by atoms with van der Waals surface area (Å²) in [5, 5.41) is 3.30. The summed E-state index contributed by atoms with van der Waals surface area (Å²) in [4.78, 5) is 7.23. The summed E-state index contributed by atoms with van der Waals surface area (Å²) >= 11 is 0. The molecule has 0 spiro atoms. The number of nitrogens with one attached hydrogen (secondary N) is 1. The zero-order valence-corrected chi connectivity index (χ0v) is 16.0. The molecular formula is C18H29N3O3S. The van der Waals surface area contributed by atoms with Gasteiger partial charge in [0.1, 0.15) is 0 Å². The zero-order chi connectivity index (χ0) is 18.1. The predicted molar refractivity (Wildman–Crippen MR) is 101 cm³/mol. The van der Waals surface area contributed by atoms with Crippen molar-refractivity contribution >= 4 is 15.8 Å². The van der Waals surface area contributed by atoms with E-state index in [1.54, 1.807) is 31.4 Å². The molecule has 1 aliphatic heterocycles. The van der Waals surface area contributed by atoms with Crippen LogP contribution in [0.5, 0.6) is 0 Å². The summed E-state index contributed by atoms with van der Waals surface area (Å²) in [5.41, 5.74) is 0. The number of sulfone groups is 1. The van der Waals surface area contributed by atoms with Crippen molar-refractivity contribution in [1.82, 2.24) is 10.2 Å². The molecule has 1 heterocycles. The van der Waals surface area contributed by atoms with Crippen LogP contribution in [0.15, 0.2) is 40.2 Å². The predicted octanol–water partition coefficient (Wildman–Crippen LogP) is 1.78. The first-order chi connectivity index (χ1) is 12.1. The maximum atomic E-state index is 12.3. The standard InChI is InChI=1S/C18H29N3O3S/c1-3-19-18(21-12-10-16(14-21)15-24-2)20-11-7-13-25(22,23)17-8-5-4-6-9-17/h4-6,8-9,16H,3,7,10-15H2,1-2H3,(H,19,20). The lowest BCUT2D eigenvalue weighted by molar-refractivity contribution is 0.157. The SMILES string of the molecule is CCNC(=NCCCS(=O)(=O)c1ccccc1)N1CCC(COC)C1. The maximum absolute atomic E-state index is 12.3. The number of hydrogen-bond acceptors (Lipinski definition) is 4. The van der Waals surface area contributed by atoms with E-state index in [4.69, 9.17) is 4.74 Å². The molecule has 0 aliphatic carbocycles. The van der Waals surface area contributed by atoms with Crippen LogP contribution in [0.2, 0.25) is 0 Å². The molecule has 1 fully saturated rings. The number of likely N-dealkylation sites (tertiary alicyclic amines) is 1. The molecular weight excluding hydrogens is 338 g/mol. The van der Waals surface area contributed by atoms with Gasteiger partial charge < -0.3 is 15.0 Å². The minimum atomic E-state index is -3.23. The third-order valence-corrected chi connectivity index (χ3v) is 6.07. The highest BCUT2D eigenvalue weighted by Gasteiger charge is 2.24. The molecule has 140 valence electrons. The largest absolute Gasteiger partial charge is 0.384 e. The van der Waals surface area contributed by atoms with Crippen molar-refractivity contribution < 1.29 is 13.2 Å². The Morgan fingerprint density at radius 2 is 2.12 bits per heavy atom. The molecule has 1 aromatic carbocycles. The number of guanidine groups is 1. The molecule has 7 heteroatoms. The summed E-state index contributed by atoms with van der Waals surface area (Å²) in [6, 6.07) is 8.60. The first-order valence-electron chi connectivity index (χ1n) is 8.87. The fourth-order valence-corrected chi connectivity index (χ4v) is 4.32. The average Bonchev–Trinajstić information content (AvgIpc) is 3.07. The van der Waals surface area contributed by atoms with Gasteiger partial charge in [0.05, 0.1) is 17.3 Å². The van der Waals surface area contributed by atoms with Crippen LogP contribution < -0.4 is 5.32 Å². The van der Waals surface area contributed by atoms with Crippen molar-refractivity contribution in [2.45, 2.75) is 24.7 Å². The molecule has 1 saturated heterocycles. The van der Waals surface area contributed by atoms with Gasteiger partial charge in [-0.05, 0) is 31.9 Å². The van der Waals surface area contributed by atoms with Gasteiger partial charge in [-0.2, -0.15) is 0 Å². The molecule has 1 N–H and O–H groups in total. The topological polar surface area (TPSA) is 71.0 Å². The zero-order valence-electron chi connectivity index (χ0n) is 15.1. The Bertz CT molecular complexity index is 647. The van der Waals surface area contributed by atoms with Crippen molar-refractivity contribution in [3.63, 3.8) is 0 Å². The number of methoxy groups -OCH3 is 1. The molecule has 0 bridgehead atoms. The summed E-state index contributed by atoms with van der Waals surface area (Å²) in [7, 11) is -1.49. The molecule has 0 amide bonds. The van der Waals surface area contributed by atoms with Crippen LogP contribution in [0, 0.1) is 5.92 Å². The minimum Gasteiger partial charge on any atom is -0.384 e. The van der Waals surface area contributed by atoms with E-state index in [2.05, 4.69) is 15.2 Å². The number of nitrogens with zero attached hydrogens (tertiary/aromatic N) is 2. The second-order valence-electron chi connectivity index (χ2n) is 6.28. The molecule has 1 unspecified atom stereocenters. The Kier molecular flexibility index (Phi) is 7.71. The fraction of sp³-hybridized carbons (Fsp3) is 0.611. The Hall–Kier alpha value is -1.60. The number of rotatable bonds is 8. The van der Waals surface area contributed by atoms with Crippen LogP contribution in [0.4, 0.5) is 0 Å². The van der Waals surface area contributed by atoms with Crippen LogP contribution >= 0.6 is 0 Å². The summed E-state index contributed by atoms with van der Waals surface area (Å²) in [6.45, 7) is 6.00. The van der Waals surface area contributed by atoms with E-state index in [9.17, 15) is 8.42 Å². The van der Waals surface area contributed by atoms with Gasteiger partial charge in [-0.15, -0.1) is 0 Å². The molecule has 1 aliphatic rings. The lowest BCUT2D eigenvalue weighted by Gasteiger charge is -2.21. The fourth-order valence-electron chi connectivity index (χ4n) is 3.01. The van der Waals surface area contributed by atoms with Gasteiger partial charge in [0.15, 0.2) is 15.8 Å². The number of ether oxygens (including phenoxy) is 1. The molecule has 6 nitrogen and oxygen atoms in total. The van der Waals surface area contributed by atoms with Crippen LogP contribution in [-0.2, 0) is 14.6 Å². The van der Waals surface area contributed by atoms with Gasteiger partial charge >= 0.3 is 0 Å². The van der Waals surface area contributed by atoms with Gasteiger partial charge in [0, 0.05) is 39.2 Å². The van der Waals surface area contributed by atoms with Crippen molar-refractivity contribution in [2.24, 2.45) is 10.9 Å². The Balaban J connectivity index is 1.87. The van der Waals surface area contributed by atoms with Crippen molar-refractivity contribution in [3.05, 3.63) is 30.3 Å². The molecule has 0 aromatic heterocycles. The number of aliphatic imine (C=N–C) groups is 1. The first-order valence-corrected chi connectivity index (χ1v) is 10.5. The summed E-state index contributed by atoms with van der Waals surface area (Å²) in [6.07, 6.45) is 1.61. The Morgan fingerprint density at radius 3 is 2.80 bits per heavy atom. The van der Waals surface area contributed by atoms with Crippen molar-refractivity contribution in [1.29, 1.82) is 0 Å². The highest BCUT2D eigenvalue weighted by atomic mass is 32.2. The maximum Gasteiger partial charge on any atom is 0.193 e. The van der Waals surface area contributed by atoms with E-state index < -0.39 is 9.84 Å². The van der Waals surface area contributed by atoms with Crippen molar-refractivity contribution in [2.75, 3.05) is 45.6 Å².